The molecule has 0 aliphatic heterocycles. The van der Waals surface area contributed by atoms with Gasteiger partial charge >= 0.3 is 0 Å². The van der Waals surface area contributed by atoms with Crippen LogP contribution in [0.4, 0.5) is 0 Å². The summed E-state index contributed by atoms with van der Waals surface area (Å²) in [4.78, 5) is 12.7. The van der Waals surface area contributed by atoms with Crippen LogP contribution in [0, 0.1) is 19.8 Å². The second-order valence-corrected chi connectivity index (χ2v) is 6.97. The number of rotatable bonds is 5. The van der Waals surface area contributed by atoms with Crippen molar-refractivity contribution in [2.45, 2.75) is 46.5 Å². The SMILES string of the molecule is Cc1ccc(-n2nc(C3CC3)c(C(=O)NCC(C)C)c2C)cc1. The van der Waals surface area contributed by atoms with Crippen LogP contribution in [-0.2, 0) is 0 Å². The number of amides is 1. The van der Waals surface area contributed by atoms with Crippen molar-refractivity contribution in [1.29, 1.82) is 0 Å². The van der Waals surface area contributed by atoms with Crippen LogP contribution in [0.3, 0.4) is 0 Å². The third-order valence-corrected chi connectivity index (χ3v) is 4.28. The number of hydrogen-bond acceptors (Lipinski definition) is 2. The van der Waals surface area contributed by atoms with Gasteiger partial charge in [-0.3, -0.25) is 4.79 Å². The van der Waals surface area contributed by atoms with E-state index in [9.17, 15) is 4.79 Å². The average molecular weight is 311 g/mol. The van der Waals surface area contributed by atoms with Gasteiger partial charge in [0, 0.05) is 12.5 Å². The van der Waals surface area contributed by atoms with Crippen LogP contribution in [0.1, 0.15) is 59.9 Å². The molecule has 1 aromatic carbocycles. The van der Waals surface area contributed by atoms with Crippen molar-refractivity contribution < 1.29 is 4.79 Å². The van der Waals surface area contributed by atoms with E-state index in [4.69, 9.17) is 5.10 Å². The minimum Gasteiger partial charge on any atom is -0.352 e. The Bertz CT molecular complexity index is 709. The number of carbonyl (C=O) groups excluding carboxylic acids is 1. The van der Waals surface area contributed by atoms with Crippen molar-refractivity contribution in [3.8, 4) is 5.69 Å². The first-order valence-corrected chi connectivity index (χ1v) is 8.42. The summed E-state index contributed by atoms with van der Waals surface area (Å²) >= 11 is 0. The Hall–Kier alpha value is -2.10. The van der Waals surface area contributed by atoms with Gasteiger partial charge in [0.05, 0.1) is 22.6 Å². The summed E-state index contributed by atoms with van der Waals surface area (Å²) in [5.74, 6) is 0.896. The summed E-state index contributed by atoms with van der Waals surface area (Å²) in [5, 5.41) is 7.82. The summed E-state index contributed by atoms with van der Waals surface area (Å²) in [7, 11) is 0. The molecule has 1 saturated carbocycles. The van der Waals surface area contributed by atoms with Crippen LogP contribution in [-0.4, -0.2) is 22.2 Å². The molecule has 0 unspecified atom stereocenters. The van der Waals surface area contributed by atoms with E-state index in [0.717, 1.165) is 35.5 Å². The summed E-state index contributed by atoms with van der Waals surface area (Å²) < 4.78 is 1.91. The molecule has 4 heteroatoms. The van der Waals surface area contributed by atoms with E-state index in [1.54, 1.807) is 0 Å². The minimum atomic E-state index is 0.0106. The lowest BCUT2D eigenvalue weighted by Gasteiger charge is -2.09. The van der Waals surface area contributed by atoms with Crippen LogP contribution in [0.5, 0.6) is 0 Å². The van der Waals surface area contributed by atoms with Crippen LogP contribution in [0.15, 0.2) is 24.3 Å². The number of nitrogens with one attached hydrogen (secondary N) is 1. The van der Waals surface area contributed by atoms with Crippen LogP contribution in [0.25, 0.3) is 5.69 Å². The van der Waals surface area contributed by atoms with Crippen molar-refractivity contribution in [3.63, 3.8) is 0 Å². The fourth-order valence-corrected chi connectivity index (χ4v) is 2.77. The van der Waals surface area contributed by atoms with E-state index < -0.39 is 0 Å². The fraction of sp³-hybridized carbons (Fsp3) is 0.474. The highest BCUT2D eigenvalue weighted by molar-refractivity contribution is 5.97. The monoisotopic (exact) mass is 311 g/mol. The molecule has 3 rings (SSSR count). The standard InChI is InChI=1S/C19H25N3O/c1-12(2)11-20-19(23)17-14(4)22(21-18(17)15-7-8-15)16-9-5-13(3)6-10-16/h5-6,9-10,12,15H,7-8,11H2,1-4H3,(H,20,23). The maximum atomic E-state index is 12.7. The van der Waals surface area contributed by atoms with Crippen LogP contribution < -0.4 is 5.32 Å². The Balaban J connectivity index is 1.98. The summed E-state index contributed by atoms with van der Waals surface area (Å²) in [5.41, 5.74) is 4.89. The number of aromatic nitrogens is 2. The normalized spacial score (nSPS) is 14.3. The minimum absolute atomic E-state index is 0.0106. The molecular weight excluding hydrogens is 286 g/mol. The molecule has 1 amide bonds. The molecule has 1 heterocycles. The fourth-order valence-electron chi connectivity index (χ4n) is 2.77. The van der Waals surface area contributed by atoms with Crippen molar-refractivity contribution in [1.82, 2.24) is 15.1 Å². The number of benzene rings is 1. The molecular formula is C19H25N3O. The molecule has 1 aliphatic carbocycles. The molecule has 0 bridgehead atoms. The van der Waals surface area contributed by atoms with Crippen LogP contribution in [0.2, 0.25) is 0 Å². The largest absolute Gasteiger partial charge is 0.352 e. The first kappa shape index (κ1) is 15.8. The first-order chi connectivity index (χ1) is 11.0. The number of hydrogen-bond donors (Lipinski definition) is 1. The number of aryl methyl sites for hydroxylation is 1. The highest BCUT2D eigenvalue weighted by Crippen LogP contribution is 2.42. The smallest absolute Gasteiger partial charge is 0.255 e. The quantitative estimate of drug-likeness (QED) is 0.914. The van der Waals surface area contributed by atoms with E-state index >= 15 is 0 Å². The average Bonchev–Trinajstić information content (AvgIpc) is 3.29. The lowest BCUT2D eigenvalue weighted by molar-refractivity contribution is 0.0947. The van der Waals surface area contributed by atoms with Crippen LogP contribution >= 0.6 is 0 Å². The predicted molar refractivity (Wildman–Crippen MR) is 92.2 cm³/mol. The van der Waals surface area contributed by atoms with Gasteiger partial charge in [-0.25, -0.2) is 4.68 Å². The van der Waals surface area contributed by atoms with E-state index in [1.807, 2.05) is 11.6 Å². The van der Waals surface area contributed by atoms with Gasteiger partial charge in [0.15, 0.2) is 0 Å². The van der Waals surface area contributed by atoms with E-state index in [-0.39, 0.29) is 5.91 Å². The van der Waals surface area contributed by atoms with Gasteiger partial charge < -0.3 is 5.32 Å². The Kier molecular flexibility index (Phi) is 4.24. The molecule has 0 spiro atoms. The second kappa shape index (κ2) is 6.19. The predicted octanol–water partition coefficient (Wildman–Crippen LogP) is 3.75. The molecule has 0 atom stereocenters. The Morgan fingerprint density at radius 3 is 2.48 bits per heavy atom. The topological polar surface area (TPSA) is 46.9 Å². The van der Waals surface area contributed by atoms with Gasteiger partial charge in [-0.05, 0) is 44.7 Å². The third kappa shape index (κ3) is 3.31. The highest BCUT2D eigenvalue weighted by atomic mass is 16.1. The van der Waals surface area contributed by atoms with Gasteiger partial charge in [-0.15, -0.1) is 0 Å². The molecule has 1 aliphatic rings. The van der Waals surface area contributed by atoms with Crippen molar-refractivity contribution in [2.75, 3.05) is 6.54 Å². The molecule has 1 N–H and O–H groups in total. The van der Waals surface area contributed by atoms with E-state index in [1.165, 1.54) is 5.56 Å². The number of carbonyl (C=O) groups is 1. The summed E-state index contributed by atoms with van der Waals surface area (Å²) in [6.07, 6.45) is 2.27. The molecule has 2 aromatic rings. The molecule has 23 heavy (non-hydrogen) atoms. The molecule has 122 valence electrons. The highest BCUT2D eigenvalue weighted by Gasteiger charge is 2.33. The van der Waals surface area contributed by atoms with E-state index in [0.29, 0.717) is 18.4 Å². The third-order valence-electron chi connectivity index (χ3n) is 4.28. The Morgan fingerprint density at radius 2 is 1.91 bits per heavy atom. The number of nitrogens with zero attached hydrogens (tertiary/aromatic N) is 2. The van der Waals surface area contributed by atoms with E-state index in [2.05, 4.69) is 50.4 Å². The molecule has 0 saturated heterocycles. The van der Waals surface area contributed by atoms with Crippen molar-refractivity contribution >= 4 is 5.91 Å². The van der Waals surface area contributed by atoms with Gasteiger partial charge in [0.2, 0.25) is 0 Å². The zero-order valence-corrected chi connectivity index (χ0v) is 14.4. The van der Waals surface area contributed by atoms with Gasteiger partial charge in [-0.2, -0.15) is 5.10 Å². The summed E-state index contributed by atoms with van der Waals surface area (Å²) in [6.45, 7) is 8.95. The first-order valence-electron chi connectivity index (χ1n) is 8.42. The van der Waals surface area contributed by atoms with Crippen molar-refractivity contribution in [3.05, 3.63) is 46.8 Å². The zero-order chi connectivity index (χ0) is 16.6. The Morgan fingerprint density at radius 1 is 1.26 bits per heavy atom. The lowest BCUT2D eigenvalue weighted by Crippen LogP contribution is -2.28. The maximum Gasteiger partial charge on any atom is 0.255 e. The van der Waals surface area contributed by atoms with Gasteiger partial charge in [0.25, 0.3) is 5.91 Å². The van der Waals surface area contributed by atoms with Gasteiger partial charge in [0.1, 0.15) is 0 Å². The second-order valence-electron chi connectivity index (χ2n) is 6.97. The van der Waals surface area contributed by atoms with Gasteiger partial charge in [-0.1, -0.05) is 31.5 Å². The molecule has 1 aromatic heterocycles. The zero-order valence-electron chi connectivity index (χ0n) is 14.4. The lowest BCUT2D eigenvalue weighted by atomic mass is 10.1. The molecule has 0 radical (unpaired) electrons. The summed E-state index contributed by atoms with van der Waals surface area (Å²) in [6, 6.07) is 8.27. The maximum absolute atomic E-state index is 12.7. The van der Waals surface area contributed by atoms with Crippen molar-refractivity contribution in [2.24, 2.45) is 5.92 Å². The molecule has 1 fully saturated rings. The Labute approximate surface area is 137 Å². The molecule has 4 nitrogen and oxygen atoms in total.